The van der Waals surface area contributed by atoms with Gasteiger partial charge in [0.15, 0.2) is 5.69 Å². The number of pyridine rings is 1. The molecule has 1 aromatic heterocycles. The van der Waals surface area contributed by atoms with Gasteiger partial charge in [0, 0.05) is 30.8 Å². The van der Waals surface area contributed by atoms with Crippen molar-refractivity contribution in [2.24, 2.45) is 5.41 Å². The maximum Gasteiger partial charge on any atom is 0.407 e. The molecule has 8 nitrogen and oxygen atoms in total. The average Bonchev–Trinajstić information content (AvgIpc) is 3.37. The fraction of sp³-hybridized carbons (Fsp3) is 0.441. The molecule has 1 spiro atoms. The largest absolute Gasteiger partial charge is 0.487 e. The van der Waals surface area contributed by atoms with Crippen LogP contribution in [0.15, 0.2) is 54.6 Å². The number of halogens is 2. The summed E-state index contributed by atoms with van der Waals surface area (Å²) in [4.78, 5) is 32.8. The molecular formula is C34H39Cl2N3O5. The Balaban J connectivity index is 1.46. The SMILES string of the molecule is COC(=O)c1nc(-c2cccc(Cl)c2Cl)c(OCc2ccccc2)cc1N1CCC2(CCCC2NC(=O)OC(C)(C)C)CC1. The Labute approximate surface area is 269 Å². The molecule has 1 N–H and O–H groups in total. The number of amides is 1. The Bertz CT molecular complexity index is 1500. The third kappa shape index (κ3) is 7.08. The predicted molar refractivity (Wildman–Crippen MR) is 173 cm³/mol. The van der Waals surface area contributed by atoms with E-state index in [2.05, 4.69) is 10.2 Å². The van der Waals surface area contributed by atoms with Gasteiger partial charge in [-0.3, -0.25) is 0 Å². The van der Waals surface area contributed by atoms with Crippen LogP contribution >= 0.6 is 23.2 Å². The van der Waals surface area contributed by atoms with Crippen molar-refractivity contribution in [1.82, 2.24) is 10.3 Å². The molecule has 44 heavy (non-hydrogen) atoms. The van der Waals surface area contributed by atoms with Gasteiger partial charge in [0.05, 0.1) is 22.8 Å². The van der Waals surface area contributed by atoms with Gasteiger partial charge < -0.3 is 24.4 Å². The van der Waals surface area contributed by atoms with Crippen LogP contribution in [0.2, 0.25) is 10.0 Å². The molecule has 1 aliphatic heterocycles. The van der Waals surface area contributed by atoms with Crippen molar-refractivity contribution in [3.05, 3.63) is 75.9 Å². The average molecular weight is 641 g/mol. The summed E-state index contributed by atoms with van der Waals surface area (Å²) in [6.07, 6.45) is 4.30. The number of carbonyl (C=O) groups excluding carboxylic acids is 2. The maximum atomic E-state index is 13.2. The number of nitrogens with one attached hydrogen (secondary N) is 1. The van der Waals surface area contributed by atoms with Crippen molar-refractivity contribution in [3.8, 4) is 17.0 Å². The highest BCUT2D eigenvalue weighted by Crippen LogP contribution is 2.48. The Morgan fingerprint density at radius 3 is 2.45 bits per heavy atom. The molecule has 1 saturated heterocycles. The normalized spacial score (nSPS) is 17.8. The Kier molecular flexibility index (Phi) is 9.61. The van der Waals surface area contributed by atoms with Gasteiger partial charge in [-0.05, 0) is 63.5 Å². The molecule has 10 heteroatoms. The number of piperidine rings is 1. The number of nitrogens with zero attached hydrogens (tertiary/aromatic N) is 2. The monoisotopic (exact) mass is 639 g/mol. The number of methoxy groups -OCH3 is 1. The molecule has 2 aromatic carbocycles. The molecule has 234 valence electrons. The molecule has 0 bridgehead atoms. The second-order valence-corrected chi connectivity index (χ2v) is 13.3. The van der Waals surface area contributed by atoms with Crippen molar-refractivity contribution in [2.75, 3.05) is 25.1 Å². The molecule has 2 fully saturated rings. The number of rotatable bonds is 7. The number of ether oxygens (including phenoxy) is 3. The van der Waals surface area contributed by atoms with Crippen molar-refractivity contribution >= 4 is 41.0 Å². The number of alkyl carbamates (subject to hydrolysis) is 1. The summed E-state index contributed by atoms with van der Waals surface area (Å²) in [7, 11) is 1.34. The Morgan fingerprint density at radius 1 is 1.05 bits per heavy atom. The van der Waals surface area contributed by atoms with Gasteiger partial charge >= 0.3 is 12.1 Å². The van der Waals surface area contributed by atoms with E-state index in [-0.39, 0.29) is 23.2 Å². The van der Waals surface area contributed by atoms with Gasteiger partial charge in [-0.25, -0.2) is 14.6 Å². The standard InChI is InChI=1S/C34H39Cl2N3O5/c1-33(2,3)44-32(41)37-27-14-9-15-34(27)16-18-39(19-17-34)25-20-26(43-21-22-10-6-5-7-11-22)29(38-30(25)31(40)42-4)23-12-8-13-24(35)28(23)36/h5-8,10-13,20,27H,9,14-19,21H2,1-4H3,(H,37,41). The molecule has 1 saturated carbocycles. The van der Waals surface area contributed by atoms with Crippen LogP contribution in [0, 0.1) is 5.41 Å². The van der Waals surface area contributed by atoms with E-state index < -0.39 is 11.6 Å². The molecule has 1 aliphatic carbocycles. The zero-order chi connectivity index (χ0) is 31.5. The highest BCUT2D eigenvalue weighted by Gasteiger charge is 2.46. The molecule has 1 amide bonds. The lowest BCUT2D eigenvalue weighted by atomic mass is 9.74. The quantitative estimate of drug-likeness (QED) is 0.261. The molecule has 1 unspecified atom stereocenters. The van der Waals surface area contributed by atoms with E-state index >= 15 is 0 Å². The zero-order valence-electron chi connectivity index (χ0n) is 25.6. The summed E-state index contributed by atoms with van der Waals surface area (Å²) in [5.41, 5.74) is 2.16. The number of carbonyl (C=O) groups is 2. The summed E-state index contributed by atoms with van der Waals surface area (Å²) >= 11 is 13.0. The lowest BCUT2D eigenvalue weighted by Crippen LogP contribution is -2.51. The topological polar surface area (TPSA) is 90.0 Å². The zero-order valence-corrected chi connectivity index (χ0v) is 27.1. The van der Waals surface area contributed by atoms with Gasteiger partial charge in [0.25, 0.3) is 0 Å². The van der Waals surface area contributed by atoms with Crippen molar-refractivity contribution in [1.29, 1.82) is 0 Å². The predicted octanol–water partition coefficient (Wildman–Crippen LogP) is 8.08. The van der Waals surface area contributed by atoms with E-state index in [4.69, 9.17) is 42.4 Å². The summed E-state index contributed by atoms with van der Waals surface area (Å²) in [6, 6.07) is 17.0. The van der Waals surface area contributed by atoms with Gasteiger partial charge in [-0.15, -0.1) is 0 Å². The minimum absolute atomic E-state index is 0.0346. The van der Waals surface area contributed by atoms with Gasteiger partial charge in [-0.1, -0.05) is 72.1 Å². The van der Waals surface area contributed by atoms with Gasteiger partial charge in [0.2, 0.25) is 0 Å². The number of esters is 1. The molecule has 1 atom stereocenters. The lowest BCUT2D eigenvalue weighted by Gasteiger charge is -2.44. The first-order valence-corrected chi connectivity index (χ1v) is 15.7. The molecule has 2 aliphatic rings. The number of anilines is 1. The van der Waals surface area contributed by atoms with Crippen LogP contribution in [0.3, 0.4) is 0 Å². The van der Waals surface area contributed by atoms with Crippen LogP contribution < -0.4 is 15.0 Å². The third-order valence-corrected chi connectivity index (χ3v) is 9.31. The third-order valence-electron chi connectivity index (χ3n) is 8.49. The van der Waals surface area contributed by atoms with Crippen LogP contribution in [0.4, 0.5) is 10.5 Å². The van der Waals surface area contributed by atoms with E-state index in [1.165, 1.54) is 7.11 Å². The second-order valence-electron chi connectivity index (χ2n) is 12.5. The Hall–Kier alpha value is -3.49. The summed E-state index contributed by atoms with van der Waals surface area (Å²) in [5.74, 6) is -0.0778. The van der Waals surface area contributed by atoms with E-state index in [9.17, 15) is 9.59 Å². The molecule has 0 radical (unpaired) electrons. The molecule has 3 aromatic rings. The highest BCUT2D eigenvalue weighted by atomic mass is 35.5. The maximum absolute atomic E-state index is 13.2. The van der Waals surface area contributed by atoms with Crippen molar-refractivity contribution in [3.63, 3.8) is 0 Å². The van der Waals surface area contributed by atoms with E-state index in [0.29, 0.717) is 52.4 Å². The van der Waals surface area contributed by atoms with Gasteiger partial charge in [-0.2, -0.15) is 0 Å². The van der Waals surface area contributed by atoms with Crippen LogP contribution in [-0.4, -0.2) is 48.9 Å². The van der Waals surface area contributed by atoms with E-state index in [1.54, 1.807) is 18.2 Å². The van der Waals surface area contributed by atoms with E-state index in [1.807, 2.05) is 57.2 Å². The first-order valence-electron chi connectivity index (χ1n) is 15.0. The smallest absolute Gasteiger partial charge is 0.407 e. The number of aromatic nitrogens is 1. The van der Waals surface area contributed by atoms with Crippen molar-refractivity contribution < 1.29 is 23.8 Å². The van der Waals surface area contributed by atoms with Crippen LogP contribution in [0.1, 0.15) is 68.9 Å². The minimum Gasteiger partial charge on any atom is -0.487 e. The summed E-state index contributed by atoms with van der Waals surface area (Å²) in [5, 5.41) is 3.85. The molecule has 5 rings (SSSR count). The molecular weight excluding hydrogens is 601 g/mol. The summed E-state index contributed by atoms with van der Waals surface area (Å²) in [6.45, 7) is 7.25. The number of hydrogen-bond donors (Lipinski definition) is 1. The van der Waals surface area contributed by atoms with Crippen molar-refractivity contribution in [2.45, 2.75) is 71.1 Å². The Morgan fingerprint density at radius 2 is 1.77 bits per heavy atom. The molecule has 2 heterocycles. The van der Waals surface area contributed by atoms with E-state index in [0.717, 1.165) is 37.7 Å². The first-order chi connectivity index (χ1) is 21.0. The fourth-order valence-electron chi connectivity index (χ4n) is 6.30. The van der Waals surface area contributed by atoms with Crippen LogP contribution in [0.5, 0.6) is 5.75 Å². The second kappa shape index (κ2) is 13.2. The highest BCUT2D eigenvalue weighted by molar-refractivity contribution is 6.43. The number of hydrogen-bond acceptors (Lipinski definition) is 7. The van der Waals surface area contributed by atoms with Gasteiger partial charge in [0.1, 0.15) is 23.7 Å². The van der Waals surface area contributed by atoms with Crippen LogP contribution in [0.25, 0.3) is 11.3 Å². The fourth-order valence-corrected chi connectivity index (χ4v) is 6.69. The minimum atomic E-state index is -0.557. The number of benzene rings is 2. The lowest BCUT2D eigenvalue weighted by molar-refractivity contribution is 0.0441. The summed E-state index contributed by atoms with van der Waals surface area (Å²) < 4.78 is 17.1. The van der Waals surface area contributed by atoms with Crippen LogP contribution in [-0.2, 0) is 16.1 Å². The first kappa shape index (κ1) is 31.9.